The highest BCUT2D eigenvalue weighted by molar-refractivity contribution is 14.1. The van der Waals surface area contributed by atoms with Crippen molar-refractivity contribution in [2.24, 2.45) is 0 Å². The molecular weight excluding hydrogens is 331 g/mol. The summed E-state index contributed by atoms with van der Waals surface area (Å²) in [6.45, 7) is 1.88. The Morgan fingerprint density at radius 2 is 2.35 bits per heavy atom. The van der Waals surface area contributed by atoms with Crippen LogP contribution in [0.2, 0.25) is 0 Å². The number of halogens is 1. The van der Waals surface area contributed by atoms with Gasteiger partial charge in [-0.1, -0.05) is 0 Å². The van der Waals surface area contributed by atoms with Crippen molar-refractivity contribution in [2.45, 2.75) is 13.0 Å². The summed E-state index contributed by atoms with van der Waals surface area (Å²) in [4.78, 5) is 15.9. The standard InChI is InChI=1S/C12H11IN2O2/c1-8(11-3-2-6-17-11)15-12(16)9-4-5-14-7-10(9)13/h2-8H,1H3,(H,15,16)/t8-/m1/s1. The summed E-state index contributed by atoms with van der Waals surface area (Å²) in [6, 6.07) is 5.18. The highest BCUT2D eigenvalue weighted by atomic mass is 127. The lowest BCUT2D eigenvalue weighted by molar-refractivity contribution is 0.0934. The van der Waals surface area contributed by atoms with E-state index >= 15 is 0 Å². The number of nitrogens with zero attached hydrogens (tertiary/aromatic N) is 1. The maximum absolute atomic E-state index is 12.0. The third kappa shape index (κ3) is 2.85. The van der Waals surface area contributed by atoms with Crippen LogP contribution in [-0.4, -0.2) is 10.9 Å². The molecule has 5 heteroatoms. The molecule has 0 spiro atoms. The Hall–Kier alpha value is -1.37. The summed E-state index contributed by atoms with van der Waals surface area (Å²) in [6.07, 6.45) is 4.86. The molecule has 17 heavy (non-hydrogen) atoms. The van der Waals surface area contributed by atoms with E-state index in [1.807, 2.05) is 13.0 Å². The van der Waals surface area contributed by atoms with Crippen LogP contribution in [-0.2, 0) is 0 Å². The van der Waals surface area contributed by atoms with Crippen molar-refractivity contribution >= 4 is 28.5 Å². The van der Waals surface area contributed by atoms with Gasteiger partial charge in [0, 0.05) is 16.0 Å². The number of carbonyl (C=O) groups excluding carboxylic acids is 1. The second kappa shape index (κ2) is 5.31. The summed E-state index contributed by atoms with van der Waals surface area (Å²) in [5.74, 6) is 0.614. The molecule has 0 bridgehead atoms. The van der Waals surface area contributed by atoms with Crippen molar-refractivity contribution < 1.29 is 9.21 Å². The summed E-state index contributed by atoms with van der Waals surface area (Å²) in [5.41, 5.74) is 0.624. The van der Waals surface area contributed by atoms with Gasteiger partial charge in [-0.15, -0.1) is 0 Å². The lowest BCUT2D eigenvalue weighted by Gasteiger charge is -2.11. The first-order chi connectivity index (χ1) is 8.18. The molecule has 0 aliphatic rings. The average molecular weight is 342 g/mol. The summed E-state index contributed by atoms with van der Waals surface area (Å²) >= 11 is 2.09. The Labute approximate surface area is 113 Å². The molecule has 0 saturated carbocycles. The zero-order chi connectivity index (χ0) is 12.3. The van der Waals surface area contributed by atoms with Crippen LogP contribution in [0.15, 0.2) is 41.3 Å². The van der Waals surface area contributed by atoms with Crippen molar-refractivity contribution in [3.05, 3.63) is 51.7 Å². The maximum Gasteiger partial charge on any atom is 0.253 e. The number of amides is 1. The third-order valence-electron chi connectivity index (χ3n) is 2.33. The molecule has 0 aliphatic carbocycles. The number of nitrogens with one attached hydrogen (secondary N) is 1. The van der Waals surface area contributed by atoms with E-state index in [4.69, 9.17) is 4.42 Å². The molecule has 0 aromatic carbocycles. The predicted molar refractivity (Wildman–Crippen MR) is 71.5 cm³/mol. The Morgan fingerprint density at radius 1 is 1.53 bits per heavy atom. The Kier molecular flexibility index (Phi) is 3.78. The molecule has 0 radical (unpaired) electrons. The first-order valence-corrected chi connectivity index (χ1v) is 6.20. The van der Waals surface area contributed by atoms with Crippen LogP contribution in [0.1, 0.15) is 29.1 Å². The normalized spacial score (nSPS) is 12.1. The van der Waals surface area contributed by atoms with E-state index < -0.39 is 0 Å². The lowest BCUT2D eigenvalue weighted by atomic mass is 10.2. The van der Waals surface area contributed by atoms with Gasteiger partial charge in [0.25, 0.3) is 5.91 Å². The molecule has 1 atom stereocenters. The number of aromatic nitrogens is 1. The molecular formula is C12H11IN2O2. The molecule has 2 aromatic heterocycles. The number of rotatable bonds is 3. The van der Waals surface area contributed by atoms with Crippen molar-refractivity contribution in [1.29, 1.82) is 0 Å². The Balaban J connectivity index is 2.10. The van der Waals surface area contributed by atoms with Crippen LogP contribution in [0.5, 0.6) is 0 Å². The molecule has 1 N–H and O–H groups in total. The van der Waals surface area contributed by atoms with Crippen LogP contribution in [0.3, 0.4) is 0 Å². The number of furan rings is 1. The Bertz CT molecular complexity index is 511. The van der Waals surface area contributed by atoms with E-state index in [0.29, 0.717) is 5.56 Å². The summed E-state index contributed by atoms with van der Waals surface area (Å²) < 4.78 is 6.06. The SMILES string of the molecule is C[C@@H](NC(=O)c1ccncc1I)c1ccco1. The van der Waals surface area contributed by atoms with Gasteiger partial charge in [0.15, 0.2) is 0 Å². The smallest absolute Gasteiger partial charge is 0.253 e. The summed E-state index contributed by atoms with van der Waals surface area (Å²) in [5, 5.41) is 2.87. The van der Waals surface area contributed by atoms with Gasteiger partial charge in [-0.3, -0.25) is 9.78 Å². The highest BCUT2D eigenvalue weighted by Gasteiger charge is 2.15. The topological polar surface area (TPSA) is 55.1 Å². The molecule has 0 unspecified atom stereocenters. The molecule has 4 nitrogen and oxygen atoms in total. The van der Waals surface area contributed by atoms with Crippen LogP contribution < -0.4 is 5.32 Å². The molecule has 0 fully saturated rings. The molecule has 0 saturated heterocycles. The minimum Gasteiger partial charge on any atom is -0.467 e. The largest absolute Gasteiger partial charge is 0.467 e. The number of hydrogen-bond acceptors (Lipinski definition) is 3. The molecule has 2 heterocycles. The fraction of sp³-hybridized carbons (Fsp3) is 0.167. The van der Waals surface area contributed by atoms with Gasteiger partial charge < -0.3 is 9.73 Å². The van der Waals surface area contributed by atoms with E-state index in [0.717, 1.165) is 9.33 Å². The molecule has 1 amide bonds. The summed E-state index contributed by atoms with van der Waals surface area (Å²) in [7, 11) is 0. The van der Waals surface area contributed by atoms with E-state index in [1.54, 1.807) is 30.8 Å². The van der Waals surface area contributed by atoms with E-state index in [-0.39, 0.29) is 11.9 Å². The molecule has 0 aliphatic heterocycles. The zero-order valence-electron chi connectivity index (χ0n) is 9.18. The first kappa shape index (κ1) is 12.1. The van der Waals surface area contributed by atoms with Crippen molar-refractivity contribution in [3.63, 3.8) is 0 Å². The molecule has 2 rings (SSSR count). The minimum absolute atomic E-state index is 0.124. The van der Waals surface area contributed by atoms with Gasteiger partial charge in [-0.2, -0.15) is 0 Å². The van der Waals surface area contributed by atoms with Crippen LogP contribution in [0, 0.1) is 3.57 Å². The van der Waals surface area contributed by atoms with Crippen LogP contribution in [0.25, 0.3) is 0 Å². The number of hydrogen-bond donors (Lipinski definition) is 1. The first-order valence-electron chi connectivity index (χ1n) is 5.12. The third-order valence-corrected chi connectivity index (χ3v) is 3.19. The molecule has 88 valence electrons. The fourth-order valence-electron chi connectivity index (χ4n) is 1.44. The zero-order valence-corrected chi connectivity index (χ0v) is 11.3. The quantitative estimate of drug-likeness (QED) is 0.873. The van der Waals surface area contributed by atoms with Crippen LogP contribution >= 0.6 is 22.6 Å². The monoisotopic (exact) mass is 342 g/mol. The van der Waals surface area contributed by atoms with Gasteiger partial charge in [0.2, 0.25) is 0 Å². The van der Waals surface area contributed by atoms with E-state index in [9.17, 15) is 4.79 Å². The van der Waals surface area contributed by atoms with E-state index in [1.165, 1.54) is 0 Å². The van der Waals surface area contributed by atoms with Gasteiger partial charge in [-0.05, 0) is 47.7 Å². The van der Waals surface area contributed by atoms with Crippen LogP contribution in [0.4, 0.5) is 0 Å². The second-order valence-electron chi connectivity index (χ2n) is 3.57. The highest BCUT2D eigenvalue weighted by Crippen LogP contribution is 2.15. The van der Waals surface area contributed by atoms with Gasteiger partial charge in [0.05, 0.1) is 17.9 Å². The maximum atomic E-state index is 12.0. The van der Waals surface area contributed by atoms with Crippen molar-refractivity contribution in [2.75, 3.05) is 0 Å². The van der Waals surface area contributed by atoms with Gasteiger partial charge in [0.1, 0.15) is 5.76 Å². The van der Waals surface area contributed by atoms with Gasteiger partial charge in [-0.25, -0.2) is 0 Å². The number of pyridine rings is 1. The Morgan fingerprint density at radius 3 is 3.00 bits per heavy atom. The molecule has 2 aromatic rings. The fourth-order valence-corrected chi connectivity index (χ4v) is 2.03. The predicted octanol–water partition coefficient (Wildman–Crippen LogP) is 2.77. The van der Waals surface area contributed by atoms with E-state index in [2.05, 4.69) is 32.9 Å². The van der Waals surface area contributed by atoms with Gasteiger partial charge >= 0.3 is 0 Å². The minimum atomic E-state index is -0.151. The second-order valence-corrected chi connectivity index (χ2v) is 4.73. The number of carbonyl (C=O) groups is 1. The average Bonchev–Trinajstić information content (AvgIpc) is 2.82. The van der Waals surface area contributed by atoms with Crippen molar-refractivity contribution in [1.82, 2.24) is 10.3 Å². The van der Waals surface area contributed by atoms with Crippen molar-refractivity contribution in [3.8, 4) is 0 Å². The lowest BCUT2D eigenvalue weighted by Crippen LogP contribution is -2.27.